The van der Waals surface area contributed by atoms with Gasteiger partial charge in [-0.3, -0.25) is 4.39 Å². The normalized spacial score (nSPS) is 11.2. The summed E-state index contributed by atoms with van der Waals surface area (Å²) in [7, 11) is 0.500. The Morgan fingerprint density at radius 3 is 2.50 bits per heavy atom. The lowest BCUT2D eigenvalue weighted by atomic mass is 10.1. The molecule has 0 N–H and O–H groups in total. The number of rotatable bonds is 0. The van der Waals surface area contributed by atoms with Crippen molar-refractivity contribution in [2.45, 2.75) is 27.2 Å². The van der Waals surface area contributed by atoms with Gasteiger partial charge in [-0.15, -0.1) is 0 Å². The minimum Gasteiger partial charge on any atom is -0.493 e. The standard InChI is InChI=1S/C9H10O.C2H6.CH3F/c1-7-2-3-9-8(6-7)4-5-10-9;2*1-2/h2-3,6H,4-5H2,1H3;1-2H3;1H3. The third-order valence-corrected chi connectivity index (χ3v) is 1.84. The fourth-order valence-corrected chi connectivity index (χ4v) is 1.32. The van der Waals surface area contributed by atoms with Gasteiger partial charge in [-0.1, -0.05) is 31.5 Å². The highest BCUT2D eigenvalue weighted by molar-refractivity contribution is 5.39. The van der Waals surface area contributed by atoms with Crippen LogP contribution >= 0.6 is 0 Å². The van der Waals surface area contributed by atoms with Crippen molar-refractivity contribution in [1.82, 2.24) is 0 Å². The fraction of sp³-hybridized carbons (Fsp3) is 0.500. The summed E-state index contributed by atoms with van der Waals surface area (Å²) >= 11 is 0. The highest BCUT2D eigenvalue weighted by atomic mass is 19.1. The first kappa shape index (κ1) is 12.9. The maximum Gasteiger partial charge on any atom is 0.122 e. The zero-order valence-corrected chi connectivity index (χ0v) is 9.43. The number of aryl methyl sites for hydroxylation is 1. The van der Waals surface area contributed by atoms with Crippen molar-refractivity contribution in [1.29, 1.82) is 0 Å². The molecule has 2 rings (SSSR count). The first-order valence-electron chi connectivity index (χ1n) is 4.96. The summed E-state index contributed by atoms with van der Waals surface area (Å²) in [5.74, 6) is 1.07. The topological polar surface area (TPSA) is 9.23 Å². The van der Waals surface area contributed by atoms with Gasteiger partial charge in [0.05, 0.1) is 13.8 Å². The Balaban J connectivity index is 0.000000379. The van der Waals surface area contributed by atoms with Crippen LogP contribution in [-0.2, 0) is 6.42 Å². The summed E-state index contributed by atoms with van der Waals surface area (Å²) in [6, 6.07) is 6.34. The second-order valence-corrected chi connectivity index (χ2v) is 2.71. The molecule has 0 radical (unpaired) electrons. The van der Waals surface area contributed by atoms with Crippen LogP contribution in [0.1, 0.15) is 25.0 Å². The van der Waals surface area contributed by atoms with E-state index >= 15 is 0 Å². The summed E-state index contributed by atoms with van der Waals surface area (Å²) in [6.07, 6.45) is 1.08. The molecule has 1 aromatic carbocycles. The van der Waals surface area contributed by atoms with E-state index in [1.165, 1.54) is 11.1 Å². The first-order valence-corrected chi connectivity index (χ1v) is 4.96. The number of hydrogen-bond donors (Lipinski definition) is 0. The number of halogens is 1. The zero-order chi connectivity index (χ0) is 11.0. The molecule has 1 aliphatic heterocycles. The number of alkyl halides is 1. The van der Waals surface area contributed by atoms with Crippen LogP contribution in [0.5, 0.6) is 5.75 Å². The van der Waals surface area contributed by atoms with E-state index in [2.05, 4.69) is 25.1 Å². The second kappa shape index (κ2) is 7.36. The van der Waals surface area contributed by atoms with Crippen LogP contribution in [0.2, 0.25) is 0 Å². The van der Waals surface area contributed by atoms with E-state index in [1.54, 1.807) is 0 Å². The predicted molar refractivity (Wildman–Crippen MR) is 58.8 cm³/mol. The van der Waals surface area contributed by atoms with Gasteiger partial charge in [0, 0.05) is 6.42 Å². The first-order chi connectivity index (χ1) is 6.86. The van der Waals surface area contributed by atoms with Crippen LogP contribution in [0.25, 0.3) is 0 Å². The maximum atomic E-state index is 9.50. The zero-order valence-electron chi connectivity index (χ0n) is 9.43. The van der Waals surface area contributed by atoms with E-state index in [4.69, 9.17) is 4.74 Å². The van der Waals surface area contributed by atoms with E-state index in [0.29, 0.717) is 7.18 Å². The third-order valence-electron chi connectivity index (χ3n) is 1.84. The van der Waals surface area contributed by atoms with Gasteiger partial charge in [0.1, 0.15) is 5.75 Å². The minimum absolute atomic E-state index is 0.500. The van der Waals surface area contributed by atoms with Crippen molar-refractivity contribution in [3.05, 3.63) is 29.3 Å². The van der Waals surface area contributed by atoms with Gasteiger partial charge in [0.15, 0.2) is 0 Å². The Hall–Kier alpha value is -1.05. The Morgan fingerprint density at radius 1 is 1.21 bits per heavy atom. The van der Waals surface area contributed by atoms with Gasteiger partial charge in [-0.05, 0) is 18.6 Å². The minimum atomic E-state index is 0.500. The summed E-state index contributed by atoms with van der Waals surface area (Å²) in [5, 5.41) is 0. The van der Waals surface area contributed by atoms with Crippen LogP contribution < -0.4 is 4.74 Å². The van der Waals surface area contributed by atoms with Crippen LogP contribution in [-0.4, -0.2) is 13.8 Å². The molecule has 0 fully saturated rings. The largest absolute Gasteiger partial charge is 0.493 e. The average Bonchev–Trinajstić information content (AvgIpc) is 2.71. The Kier molecular flexibility index (Phi) is 6.81. The lowest BCUT2D eigenvalue weighted by Crippen LogP contribution is -1.85. The summed E-state index contributed by atoms with van der Waals surface area (Å²) in [4.78, 5) is 0. The summed E-state index contributed by atoms with van der Waals surface area (Å²) in [5.41, 5.74) is 2.68. The van der Waals surface area contributed by atoms with E-state index in [0.717, 1.165) is 18.8 Å². The monoisotopic (exact) mass is 198 g/mol. The molecule has 2 heteroatoms. The molecule has 0 aliphatic carbocycles. The number of fused-ring (bicyclic) bond motifs is 1. The van der Waals surface area contributed by atoms with Crippen molar-refractivity contribution >= 4 is 0 Å². The van der Waals surface area contributed by atoms with Gasteiger partial charge in [0.2, 0.25) is 0 Å². The molecule has 1 aromatic rings. The van der Waals surface area contributed by atoms with E-state index in [9.17, 15) is 4.39 Å². The molecule has 0 aromatic heterocycles. The number of hydrogen-bond acceptors (Lipinski definition) is 1. The highest BCUT2D eigenvalue weighted by Crippen LogP contribution is 2.25. The van der Waals surface area contributed by atoms with Crippen LogP contribution in [0.3, 0.4) is 0 Å². The number of benzene rings is 1. The van der Waals surface area contributed by atoms with E-state index < -0.39 is 0 Å². The predicted octanol–water partition coefficient (Wildman–Crippen LogP) is 3.54. The van der Waals surface area contributed by atoms with E-state index in [-0.39, 0.29) is 0 Å². The Bertz CT molecular complexity index is 258. The second-order valence-electron chi connectivity index (χ2n) is 2.71. The molecule has 0 saturated heterocycles. The molecule has 0 unspecified atom stereocenters. The summed E-state index contributed by atoms with van der Waals surface area (Å²) in [6.45, 7) is 6.97. The molecule has 14 heavy (non-hydrogen) atoms. The van der Waals surface area contributed by atoms with Crippen LogP contribution in [0.4, 0.5) is 4.39 Å². The molecule has 0 spiro atoms. The van der Waals surface area contributed by atoms with Crippen LogP contribution in [0, 0.1) is 6.92 Å². The van der Waals surface area contributed by atoms with Crippen molar-refractivity contribution in [3.8, 4) is 5.75 Å². The van der Waals surface area contributed by atoms with Crippen molar-refractivity contribution < 1.29 is 9.13 Å². The molecular weight excluding hydrogens is 179 g/mol. The van der Waals surface area contributed by atoms with E-state index in [1.807, 2.05) is 13.8 Å². The average molecular weight is 198 g/mol. The molecule has 0 amide bonds. The van der Waals surface area contributed by atoms with Crippen molar-refractivity contribution in [2.24, 2.45) is 0 Å². The van der Waals surface area contributed by atoms with Gasteiger partial charge in [-0.25, -0.2) is 0 Å². The lowest BCUT2D eigenvalue weighted by molar-refractivity contribution is 0.357. The quantitative estimate of drug-likeness (QED) is 0.619. The molecule has 0 atom stereocenters. The number of ether oxygens (including phenoxy) is 1. The molecular formula is C12H19FO. The third kappa shape index (κ3) is 3.36. The molecule has 0 bridgehead atoms. The molecule has 1 nitrogen and oxygen atoms in total. The highest BCUT2D eigenvalue weighted by Gasteiger charge is 2.09. The van der Waals surface area contributed by atoms with Crippen molar-refractivity contribution in [3.63, 3.8) is 0 Å². The lowest BCUT2D eigenvalue weighted by Gasteiger charge is -1.97. The van der Waals surface area contributed by atoms with Gasteiger partial charge >= 0.3 is 0 Å². The smallest absolute Gasteiger partial charge is 0.122 e. The Labute approximate surface area is 85.9 Å². The van der Waals surface area contributed by atoms with Gasteiger partial charge in [-0.2, -0.15) is 0 Å². The molecule has 1 heterocycles. The van der Waals surface area contributed by atoms with Gasteiger partial charge < -0.3 is 4.74 Å². The summed E-state index contributed by atoms with van der Waals surface area (Å²) < 4.78 is 14.9. The molecule has 80 valence electrons. The van der Waals surface area contributed by atoms with Crippen molar-refractivity contribution in [2.75, 3.05) is 13.8 Å². The molecule has 1 aliphatic rings. The Morgan fingerprint density at radius 2 is 1.86 bits per heavy atom. The molecule has 0 saturated carbocycles. The van der Waals surface area contributed by atoms with Crippen LogP contribution in [0.15, 0.2) is 18.2 Å². The van der Waals surface area contributed by atoms with Gasteiger partial charge in [0.25, 0.3) is 0 Å². The fourth-order valence-electron chi connectivity index (χ4n) is 1.32. The SMILES string of the molecule is CC.CF.Cc1ccc2c(c1)CCO2. The maximum absolute atomic E-state index is 9.50.